The molecule has 0 aromatic carbocycles. The van der Waals surface area contributed by atoms with Crippen LogP contribution in [0.5, 0.6) is 0 Å². The predicted octanol–water partition coefficient (Wildman–Crippen LogP) is 2.05. The molecule has 0 atom stereocenters. The van der Waals surface area contributed by atoms with Crippen molar-refractivity contribution < 1.29 is 4.74 Å². The monoisotopic (exact) mass is 171 g/mol. The van der Waals surface area contributed by atoms with Gasteiger partial charge in [-0.1, -0.05) is 0 Å². The molecule has 0 unspecified atom stereocenters. The molecule has 0 amide bonds. The smallest absolute Gasteiger partial charge is 0.201 e. The summed E-state index contributed by atoms with van der Waals surface area (Å²) in [4.78, 5) is -0.658. The van der Waals surface area contributed by atoms with Crippen LogP contribution in [0.4, 0.5) is 0 Å². The van der Waals surface area contributed by atoms with Gasteiger partial charge >= 0.3 is 0 Å². The number of halogens is 2. The van der Waals surface area contributed by atoms with Crippen molar-refractivity contribution in [3.05, 3.63) is 0 Å². The van der Waals surface area contributed by atoms with Crippen LogP contribution in [-0.4, -0.2) is 17.9 Å². The second kappa shape index (κ2) is 3.96. The molecule has 0 radical (unpaired) electrons. The SMILES string of the molecule is COC(=N)C(C)(C)Cl.Cl. The van der Waals surface area contributed by atoms with Crippen molar-refractivity contribution in [3.8, 4) is 0 Å². The average molecular weight is 172 g/mol. The van der Waals surface area contributed by atoms with Crippen LogP contribution in [0.1, 0.15) is 13.8 Å². The lowest BCUT2D eigenvalue weighted by Gasteiger charge is -2.14. The molecular formula is C5H11Cl2NO. The third kappa shape index (κ3) is 4.55. The third-order valence-electron chi connectivity index (χ3n) is 0.744. The Morgan fingerprint density at radius 2 is 1.89 bits per heavy atom. The zero-order valence-corrected chi connectivity index (χ0v) is 7.27. The van der Waals surface area contributed by atoms with Gasteiger partial charge in [-0.3, -0.25) is 5.41 Å². The molecule has 0 heterocycles. The highest BCUT2D eigenvalue weighted by atomic mass is 35.5. The van der Waals surface area contributed by atoms with Gasteiger partial charge in [0, 0.05) is 0 Å². The molecule has 0 aliphatic carbocycles. The van der Waals surface area contributed by atoms with Crippen LogP contribution < -0.4 is 0 Å². The summed E-state index contributed by atoms with van der Waals surface area (Å²) < 4.78 is 4.57. The minimum absolute atomic E-state index is 0. The van der Waals surface area contributed by atoms with Crippen LogP contribution in [0.3, 0.4) is 0 Å². The maximum atomic E-state index is 7.03. The second-order valence-corrected chi connectivity index (χ2v) is 2.95. The van der Waals surface area contributed by atoms with Crippen molar-refractivity contribution in [1.29, 1.82) is 5.41 Å². The standard InChI is InChI=1S/C5H10ClNO.ClH/c1-5(2,6)4(7)8-3;/h7H,1-3H3;1H. The number of methoxy groups -OCH3 is 1. The molecule has 0 aromatic heterocycles. The normalized spacial score (nSPS) is 9.78. The van der Waals surface area contributed by atoms with Gasteiger partial charge in [-0.2, -0.15) is 0 Å². The lowest BCUT2D eigenvalue weighted by Crippen LogP contribution is -2.24. The Morgan fingerprint density at radius 1 is 1.56 bits per heavy atom. The van der Waals surface area contributed by atoms with Crippen LogP contribution in [0, 0.1) is 5.41 Å². The summed E-state index contributed by atoms with van der Waals surface area (Å²) in [5.74, 6) is 0.0965. The van der Waals surface area contributed by atoms with E-state index in [0.29, 0.717) is 0 Å². The Morgan fingerprint density at radius 3 is 1.89 bits per heavy atom. The summed E-state index contributed by atoms with van der Waals surface area (Å²) in [5, 5.41) is 7.03. The Hall–Kier alpha value is 0.0500. The topological polar surface area (TPSA) is 33.1 Å². The molecular weight excluding hydrogens is 161 g/mol. The summed E-state index contributed by atoms with van der Waals surface area (Å²) in [5.41, 5.74) is 0. The fourth-order valence-corrected chi connectivity index (χ4v) is 0.320. The van der Waals surface area contributed by atoms with Gasteiger partial charge in [0.2, 0.25) is 5.90 Å². The molecule has 9 heavy (non-hydrogen) atoms. The van der Waals surface area contributed by atoms with Crippen molar-refractivity contribution in [2.75, 3.05) is 7.11 Å². The molecule has 2 nitrogen and oxygen atoms in total. The number of hydrogen-bond donors (Lipinski definition) is 1. The first-order valence-electron chi connectivity index (χ1n) is 2.30. The van der Waals surface area contributed by atoms with Crippen LogP contribution in [0.15, 0.2) is 0 Å². The van der Waals surface area contributed by atoms with E-state index in [1.807, 2.05) is 0 Å². The first kappa shape index (κ1) is 11.8. The van der Waals surface area contributed by atoms with Gasteiger partial charge in [0.15, 0.2) is 0 Å². The number of ether oxygens (including phenoxy) is 1. The van der Waals surface area contributed by atoms with Crippen LogP contribution in [0.2, 0.25) is 0 Å². The molecule has 56 valence electrons. The van der Waals surface area contributed by atoms with Crippen molar-refractivity contribution in [2.45, 2.75) is 18.7 Å². The van der Waals surface area contributed by atoms with Gasteiger partial charge in [-0.05, 0) is 13.8 Å². The van der Waals surface area contributed by atoms with Gasteiger partial charge in [-0.25, -0.2) is 0 Å². The van der Waals surface area contributed by atoms with E-state index in [2.05, 4.69) is 4.74 Å². The van der Waals surface area contributed by atoms with E-state index in [1.165, 1.54) is 7.11 Å². The van der Waals surface area contributed by atoms with Crippen molar-refractivity contribution in [1.82, 2.24) is 0 Å². The molecule has 0 spiro atoms. The molecule has 0 bridgehead atoms. The minimum Gasteiger partial charge on any atom is -0.483 e. The number of alkyl halides is 1. The largest absolute Gasteiger partial charge is 0.483 e. The maximum absolute atomic E-state index is 7.03. The highest BCUT2D eigenvalue weighted by Crippen LogP contribution is 2.13. The summed E-state index contributed by atoms with van der Waals surface area (Å²) in [6, 6.07) is 0. The fourth-order valence-electron chi connectivity index (χ4n) is 0.243. The molecule has 0 aliphatic rings. The predicted molar refractivity (Wildman–Crippen MR) is 41.9 cm³/mol. The fraction of sp³-hybridized carbons (Fsp3) is 0.800. The maximum Gasteiger partial charge on any atom is 0.201 e. The van der Waals surface area contributed by atoms with Crippen LogP contribution in [-0.2, 0) is 4.74 Å². The van der Waals surface area contributed by atoms with E-state index >= 15 is 0 Å². The summed E-state index contributed by atoms with van der Waals surface area (Å²) in [7, 11) is 1.44. The Labute approximate surface area is 66.5 Å². The van der Waals surface area contributed by atoms with Gasteiger partial charge < -0.3 is 4.74 Å². The average Bonchev–Trinajstić information content (AvgIpc) is 1.62. The molecule has 0 aliphatic heterocycles. The van der Waals surface area contributed by atoms with Gasteiger partial charge in [0.1, 0.15) is 4.87 Å². The van der Waals surface area contributed by atoms with Crippen molar-refractivity contribution in [3.63, 3.8) is 0 Å². The lowest BCUT2D eigenvalue weighted by molar-refractivity contribution is 0.376. The van der Waals surface area contributed by atoms with E-state index in [4.69, 9.17) is 17.0 Å². The molecule has 0 rings (SSSR count). The van der Waals surface area contributed by atoms with Gasteiger partial charge in [0.05, 0.1) is 7.11 Å². The second-order valence-electron chi connectivity index (χ2n) is 2.01. The molecule has 0 saturated carbocycles. The Bertz CT molecular complexity index is 97.6. The zero-order chi connectivity index (χ0) is 6.78. The van der Waals surface area contributed by atoms with Crippen molar-refractivity contribution >= 4 is 29.9 Å². The summed E-state index contributed by atoms with van der Waals surface area (Å²) in [6.45, 7) is 3.42. The van der Waals surface area contributed by atoms with E-state index in [-0.39, 0.29) is 18.3 Å². The first-order chi connectivity index (χ1) is 3.48. The van der Waals surface area contributed by atoms with E-state index in [1.54, 1.807) is 13.8 Å². The Balaban J connectivity index is 0. The van der Waals surface area contributed by atoms with E-state index < -0.39 is 4.87 Å². The third-order valence-corrected chi connectivity index (χ3v) is 0.916. The highest BCUT2D eigenvalue weighted by Gasteiger charge is 2.20. The van der Waals surface area contributed by atoms with E-state index in [9.17, 15) is 0 Å². The Kier molecular flexibility index (Phi) is 5.19. The van der Waals surface area contributed by atoms with E-state index in [0.717, 1.165) is 0 Å². The molecule has 0 fully saturated rings. The molecule has 0 aromatic rings. The number of hydrogen-bond acceptors (Lipinski definition) is 2. The summed E-state index contributed by atoms with van der Waals surface area (Å²) in [6.07, 6.45) is 0. The molecule has 0 saturated heterocycles. The summed E-state index contributed by atoms with van der Waals surface area (Å²) >= 11 is 5.63. The highest BCUT2D eigenvalue weighted by molar-refractivity contribution is 6.33. The van der Waals surface area contributed by atoms with Crippen LogP contribution in [0.25, 0.3) is 0 Å². The van der Waals surface area contributed by atoms with Crippen molar-refractivity contribution in [2.24, 2.45) is 0 Å². The van der Waals surface area contributed by atoms with Gasteiger partial charge in [-0.15, -0.1) is 24.0 Å². The zero-order valence-electron chi connectivity index (χ0n) is 5.69. The quantitative estimate of drug-likeness (QED) is 0.366. The minimum atomic E-state index is -0.658. The lowest BCUT2D eigenvalue weighted by atomic mass is 10.2. The number of rotatable bonds is 1. The van der Waals surface area contributed by atoms with Crippen LogP contribution >= 0.6 is 24.0 Å². The molecule has 4 heteroatoms. The molecule has 1 N–H and O–H groups in total. The first-order valence-corrected chi connectivity index (χ1v) is 2.68. The number of nitrogens with one attached hydrogen (secondary N) is 1. The van der Waals surface area contributed by atoms with Gasteiger partial charge in [0.25, 0.3) is 0 Å².